The summed E-state index contributed by atoms with van der Waals surface area (Å²) in [4.78, 5) is 33.3. The van der Waals surface area contributed by atoms with Gasteiger partial charge in [-0.1, -0.05) is 273 Å². The van der Waals surface area contributed by atoms with E-state index in [2.05, 4.69) is 279 Å². The third kappa shape index (κ3) is 9.38. The summed E-state index contributed by atoms with van der Waals surface area (Å²) >= 11 is 3.63. The summed E-state index contributed by atoms with van der Waals surface area (Å²) in [6.07, 6.45) is 0. The lowest BCUT2D eigenvalue weighted by molar-refractivity contribution is 0.668. The highest BCUT2D eigenvalue weighted by atomic mass is 32.1. The molecular formula is C104H56N6O2S2. The van der Waals surface area contributed by atoms with Crippen molar-refractivity contribution in [3.63, 3.8) is 0 Å². The van der Waals surface area contributed by atoms with Crippen LogP contribution in [0.1, 0.15) is 0 Å². The first-order valence-corrected chi connectivity index (χ1v) is 40.0. The fourth-order valence-corrected chi connectivity index (χ4v) is 21.0. The van der Waals surface area contributed by atoms with Crippen molar-refractivity contribution in [3.8, 4) is 90.6 Å². The van der Waals surface area contributed by atoms with Gasteiger partial charge >= 0.3 is 0 Å². The van der Waals surface area contributed by atoms with Gasteiger partial charge in [0, 0.05) is 95.3 Å². The zero-order chi connectivity index (χ0) is 74.4. The molecule has 0 atom stereocenters. The van der Waals surface area contributed by atoms with Crippen molar-refractivity contribution >= 4 is 193 Å². The minimum atomic E-state index is 0.543. The van der Waals surface area contributed by atoms with Crippen molar-refractivity contribution in [2.45, 2.75) is 0 Å². The first-order chi connectivity index (χ1) is 56.5. The normalized spacial score (nSPS) is 12.2. The highest BCUT2D eigenvalue weighted by Crippen LogP contribution is 2.51. The van der Waals surface area contributed by atoms with Gasteiger partial charge in [0.2, 0.25) is 0 Å². The van der Waals surface area contributed by atoms with Gasteiger partial charge in [-0.2, -0.15) is 0 Å². The smallest absolute Gasteiger partial charge is 0.164 e. The second kappa shape index (κ2) is 24.4. The molecule has 0 spiro atoms. The van der Waals surface area contributed by atoms with Gasteiger partial charge in [0.05, 0.1) is 0 Å². The second-order valence-corrected chi connectivity index (χ2v) is 31.8. The number of aromatic nitrogens is 6. The molecule has 0 unspecified atom stereocenters. The molecular weight excluding hydrogens is 1430 g/mol. The van der Waals surface area contributed by atoms with E-state index < -0.39 is 0 Å². The van der Waals surface area contributed by atoms with Crippen molar-refractivity contribution in [2.24, 2.45) is 0 Å². The lowest BCUT2D eigenvalue weighted by atomic mass is 9.86. The molecule has 0 aliphatic carbocycles. The number of hydrogen-bond donors (Lipinski definition) is 0. The average molecular weight is 1490 g/mol. The van der Waals surface area contributed by atoms with Crippen LogP contribution in [0.15, 0.2) is 349 Å². The highest BCUT2D eigenvalue weighted by molar-refractivity contribution is 7.26. The molecule has 0 N–H and O–H groups in total. The number of furan rings is 2. The van der Waals surface area contributed by atoms with Crippen LogP contribution in [0.3, 0.4) is 0 Å². The van der Waals surface area contributed by atoms with E-state index in [0.29, 0.717) is 34.9 Å². The number of fused-ring (bicyclic) bond motifs is 28. The van der Waals surface area contributed by atoms with Gasteiger partial charge in [-0.15, -0.1) is 22.7 Å². The van der Waals surface area contributed by atoms with Crippen LogP contribution < -0.4 is 0 Å². The Labute approximate surface area is 657 Å². The summed E-state index contributed by atoms with van der Waals surface area (Å²) in [7, 11) is 0. The maximum absolute atomic E-state index is 6.46. The van der Waals surface area contributed by atoms with Gasteiger partial charge in [0.15, 0.2) is 34.9 Å². The van der Waals surface area contributed by atoms with E-state index in [1.54, 1.807) is 11.3 Å². The summed E-state index contributed by atoms with van der Waals surface area (Å²) in [5.74, 6) is 3.51. The molecule has 0 amide bonds. The Kier molecular flexibility index (Phi) is 13.5. The molecule has 10 heteroatoms. The Morgan fingerprint density at radius 3 is 1.11 bits per heavy atom. The van der Waals surface area contributed by atoms with E-state index in [4.69, 9.17) is 38.7 Å². The van der Waals surface area contributed by atoms with Crippen LogP contribution in [-0.4, -0.2) is 29.9 Å². The number of thiophene rings is 2. The van der Waals surface area contributed by atoms with E-state index in [-0.39, 0.29) is 0 Å². The second-order valence-electron chi connectivity index (χ2n) is 29.7. The van der Waals surface area contributed by atoms with Crippen LogP contribution in [0.2, 0.25) is 0 Å². The SMILES string of the molecule is c1cc(-c2nc(-c3cccc4oc5ccccc5c34)nc(-c3cccc4oc5ccccc5c34)n2)cc(-c2cc3c4ccccc4c4cc(-c5cccc6c5sc5cccc(-c7nc(-c8cc9c%10ccccc%10c%10ccccc%10c9c9ccccc89)nc(-c8cccc9sc%10ccccc%10c89)n7)c56)ccc4c3c3ccccc23)c1. The standard InChI is InChI=1S/C104H56N6O2S2/c1-3-28-64-61(25-1)62-26-5-8-32-68(62)92-70-34-10-7-31-67(70)84(56-83(64)92)104-109-102(78-42-21-49-90-96(78)74-37-13-16-48-89(74)113-90)108-103(110-104)79-43-22-50-91-97(79)75-39-18-38-60(98(75)114-91)58-51-52-71-81(54-58)63-27-2-4-29-65(63)82-55-80(66-30-6-9-33-69(66)93(71)82)57-23-17-24-59(53-57)99-105-100(76-40-19-46-87-94(76)72-35-11-14-44-85(72)111-87)107-101(106-99)77-41-20-47-88-95(77)73-36-12-15-45-86(73)112-88/h1-56H. The quantitative estimate of drug-likeness (QED) is 0.139. The van der Waals surface area contributed by atoms with Crippen molar-refractivity contribution in [1.29, 1.82) is 0 Å². The zero-order valence-corrected chi connectivity index (χ0v) is 62.3. The van der Waals surface area contributed by atoms with E-state index >= 15 is 0 Å². The maximum atomic E-state index is 6.46. The third-order valence-electron chi connectivity index (χ3n) is 23.5. The van der Waals surface area contributed by atoms with E-state index in [0.717, 1.165) is 142 Å². The Hall–Kier alpha value is -14.7. The molecule has 526 valence electrons. The first-order valence-electron chi connectivity index (χ1n) is 38.4. The fraction of sp³-hybridized carbons (Fsp3) is 0. The predicted octanol–water partition coefficient (Wildman–Crippen LogP) is 29.2. The Balaban J connectivity index is 0.649. The zero-order valence-electron chi connectivity index (χ0n) is 60.6. The molecule has 0 bridgehead atoms. The summed E-state index contributed by atoms with van der Waals surface area (Å²) in [5, 5.41) is 27.4. The van der Waals surface area contributed by atoms with Gasteiger partial charge < -0.3 is 8.83 Å². The van der Waals surface area contributed by atoms with Crippen LogP contribution in [0.5, 0.6) is 0 Å². The Bertz CT molecular complexity index is 8410. The van der Waals surface area contributed by atoms with Crippen LogP contribution in [-0.2, 0) is 0 Å². The molecule has 6 heterocycles. The molecule has 0 saturated heterocycles. The molecule has 0 aliphatic heterocycles. The lowest BCUT2D eigenvalue weighted by Gasteiger charge is -2.17. The topological polar surface area (TPSA) is 104 Å². The van der Waals surface area contributed by atoms with Gasteiger partial charge in [-0.25, -0.2) is 29.9 Å². The molecule has 0 radical (unpaired) electrons. The van der Waals surface area contributed by atoms with Crippen LogP contribution in [0.4, 0.5) is 0 Å². The van der Waals surface area contributed by atoms with E-state index in [9.17, 15) is 0 Å². The first kappa shape index (κ1) is 63.1. The largest absolute Gasteiger partial charge is 0.456 e. The molecule has 0 saturated carbocycles. The van der Waals surface area contributed by atoms with Gasteiger partial charge in [0.1, 0.15) is 22.3 Å². The minimum absolute atomic E-state index is 0.543. The Morgan fingerprint density at radius 1 is 0.167 bits per heavy atom. The number of benzene rings is 19. The minimum Gasteiger partial charge on any atom is -0.456 e. The molecule has 6 aromatic heterocycles. The molecule has 19 aromatic carbocycles. The summed E-state index contributed by atoms with van der Waals surface area (Å²) in [5.41, 5.74) is 13.0. The van der Waals surface area contributed by atoms with Crippen LogP contribution >= 0.6 is 22.7 Å². The third-order valence-corrected chi connectivity index (χ3v) is 25.9. The predicted molar refractivity (Wildman–Crippen MR) is 477 cm³/mol. The van der Waals surface area contributed by atoms with E-state index in [1.807, 2.05) is 72.0 Å². The van der Waals surface area contributed by atoms with Gasteiger partial charge in [-0.3, -0.25) is 0 Å². The van der Waals surface area contributed by atoms with Crippen LogP contribution in [0.25, 0.3) is 261 Å². The lowest BCUT2D eigenvalue weighted by Crippen LogP contribution is -2.01. The van der Waals surface area contributed by atoms with Crippen molar-refractivity contribution in [2.75, 3.05) is 0 Å². The Morgan fingerprint density at radius 2 is 0.518 bits per heavy atom. The molecule has 0 aliphatic rings. The van der Waals surface area contributed by atoms with Gasteiger partial charge in [0.25, 0.3) is 0 Å². The number of rotatable bonds is 8. The summed E-state index contributed by atoms with van der Waals surface area (Å²) < 4.78 is 17.7. The van der Waals surface area contributed by atoms with E-state index in [1.165, 1.54) is 84.1 Å². The average Bonchev–Trinajstić information content (AvgIpc) is 0.939. The molecule has 25 aromatic rings. The number of para-hydroxylation sites is 2. The van der Waals surface area contributed by atoms with Crippen molar-refractivity contribution in [3.05, 3.63) is 340 Å². The van der Waals surface area contributed by atoms with Crippen LogP contribution in [0, 0.1) is 0 Å². The molecule has 114 heavy (non-hydrogen) atoms. The monoisotopic (exact) mass is 1480 g/mol. The molecule has 8 nitrogen and oxygen atoms in total. The number of nitrogens with zero attached hydrogens (tertiary/aromatic N) is 6. The maximum Gasteiger partial charge on any atom is 0.164 e. The fourth-order valence-electron chi connectivity index (χ4n) is 18.6. The molecule has 0 fully saturated rings. The van der Waals surface area contributed by atoms with Crippen molar-refractivity contribution in [1.82, 2.24) is 29.9 Å². The van der Waals surface area contributed by atoms with Crippen molar-refractivity contribution < 1.29 is 8.83 Å². The molecule has 25 rings (SSSR count). The highest BCUT2D eigenvalue weighted by Gasteiger charge is 2.27. The van der Waals surface area contributed by atoms with Gasteiger partial charge in [-0.05, 0) is 175 Å². The summed E-state index contributed by atoms with van der Waals surface area (Å²) in [6.45, 7) is 0. The summed E-state index contributed by atoms with van der Waals surface area (Å²) in [6, 6.07) is 122. The number of hydrogen-bond acceptors (Lipinski definition) is 10.